The summed E-state index contributed by atoms with van der Waals surface area (Å²) in [6.45, 7) is 3.00. The number of rotatable bonds is 4. The summed E-state index contributed by atoms with van der Waals surface area (Å²) in [7, 11) is 2.23. The molecule has 0 N–H and O–H groups in total. The molecule has 4 heteroatoms. The Hall–Kier alpha value is -0.280. The van der Waals surface area contributed by atoms with E-state index in [9.17, 15) is 4.79 Å². The minimum absolute atomic E-state index is 0.0932. The number of amides is 1. The molecule has 2 aliphatic rings. The molecule has 0 aromatic carbocycles. The Morgan fingerprint density at radius 2 is 1.94 bits per heavy atom. The van der Waals surface area contributed by atoms with Crippen molar-refractivity contribution < 1.29 is 4.79 Å². The minimum Gasteiger partial charge on any atom is -0.342 e. The maximum Gasteiger partial charge on any atom is 0.237 e. The number of alkyl halides is 1. The van der Waals surface area contributed by atoms with Crippen molar-refractivity contribution in [2.45, 2.75) is 31.7 Å². The molecule has 1 heterocycles. The van der Waals surface area contributed by atoms with E-state index >= 15 is 0 Å². The van der Waals surface area contributed by atoms with E-state index in [-0.39, 0.29) is 11.8 Å². The summed E-state index contributed by atoms with van der Waals surface area (Å²) in [5.41, 5.74) is 0. The van der Waals surface area contributed by atoms with Crippen molar-refractivity contribution in [2.75, 3.05) is 32.6 Å². The number of piperidine rings is 1. The fourth-order valence-electron chi connectivity index (χ4n) is 2.52. The second kappa shape index (κ2) is 5.37. The van der Waals surface area contributed by atoms with E-state index in [0.717, 1.165) is 37.9 Å². The van der Waals surface area contributed by atoms with Crippen LogP contribution in [0, 0.1) is 5.92 Å². The summed E-state index contributed by atoms with van der Waals surface area (Å²) >= 11 is 5.56. The van der Waals surface area contributed by atoms with Crippen molar-refractivity contribution in [3.8, 4) is 0 Å². The average molecular weight is 245 g/mol. The van der Waals surface area contributed by atoms with E-state index in [1.54, 1.807) is 0 Å². The molecule has 1 aliphatic heterocycles. The molecule has 1 saturated heterocycles. The number of carbonyl (C=O) groups excluding carboxylic acids is 1. The Morgan fingerprint density at radius 3 is 2.44 bits per heavy atom. The summed E-state index contributed by atoms with van der Waals surface area (Å²) in [5, 5.41) is 0. The Kier molecular flexibility index (Phi) is 4.09. The van der Waals surface area contributed by atoms with E-state index in [2.05, 4.69) is 11.9 Å². The fourth-order valence-corrected chi connectivity index (χ4v) is 2.69. The van der Waals surface area contributed by atoms with Gasteiger partial charge in [-0.3, -0.25) is 4.79 Å². The summed E-state index contributed by atoms with van der Waals surface area (Å²) in [5.74, 6) is 0.993. The lowest BCUT2D eigenvalue weighted by atomic mass is 9.96. The van der Waals surface area contributed by atoms with E-state index in [4.69, 9.17) is 11.6 Å². The third-order valence-electron chi connectivity index (χ3n) is 3.80. The first-order chi connectivity index (χ1) is 7.70. The van der Waals surface area contributed by atoms with Crippen LogP contribution in [0.3, 0.4) is 0 Å². The number of nitrogens with zero attached hydrogens (tertiary/aromatic N) is 2. The van der Waals surface area contributed by atoms with E-state index < -0.39 is 0 Å². The van der Waals surface area contributed by atoms with Gasteiger partial charge in [0.25, 0.3) is 0 Å². The Morgan fingerprint density at radius 1 is 1.31 bits per heavy atom. The quantitative estimate of drug-likeness (QED) is 0.701. The molecule has 0 atom stereocenters. The van der Waals surface area contributed by atoms with Crippen LogP contribution >= 0.6 is 11.6 Å². The molecule has 1 amide bonds. The lowest BCUT2D eigenvalue weighted by molar-refractivity contribution is -0.129. The van der Waals surface area contributed by atoms with Gasteiger partial charge in [-0.15, -0.1) is 11.6 Å². The van der Waals surface area contributed by atoms with Crippen LogP contribution in [0.4, 0.5) is 0 Å². The van der Waals surface area contributed by atoms with Crippen molar-refractivity contribution in [3.05, 3.63) is 0 Å². The molecular formula is C12H21ClN2O. The van der Waals surface area contributed by atoms with E-state index in [1.807, 2.05) is 4.90 Å². The van der Waals surface area contributed by atoms with E-state index in [1.165, 1.54) is 19.4 Å². The average Bonchev–Trinajstić information content (AvgIpc) is 3.13. The highest BCUT2D eigenvalue weighted by atomic mass is 35.5. The highest BCUT2D eigenvalue weighted by Gasteiger charge is 2.29. The molecule has 0 bridgehead atoms. The van der Waals surface area contributed by atoms with Gasteiger partial charge in [-0.05, 0) is 38.6 Å². The van der Waals surface area contributed by atoms with Gasteiger partial charge in [0.05, 0.1) is 0 Å². The topological polar surface area (TPSA) is 23.6 Å². The van der Waals surface area contributed by atoms with Gasteiger partial charge in [0.15, 0.2) is 0 Å². The highest BCUT2D eigenvalue weighted by Crippen LogP contribution is 2.28. The molecule has 3 nitrogen and oxygen atoms in total. The largest absolute Gasteiger partial charge is 0.342 e. The van der Waals surface area contributed by atoms with Crippen LogP contribution in [0.5, 0.6) is 0 Å². The molecule has 2 fully saturated rings. The van der Waals surface area contributed by atoms with Gasteiger partial charge in [-0.1, -0.05) is 0 Å². The third kappa shape index (κ3) is 3.11. The molecule has 0 aromatic heterocycles. The van der Waals surface area contributed by atoms with Crippen molar-refractivity contribution in [1.82, 2.24) is 9.80 Å². The predicted octanol–water partition coefficient (Wildman–Crippen LogP) is 1.56. The van der Waals surface area contributed by atoms with Crippen molar-refractivity contribution in [1.29, 1.82) is 0 Å². The van der Waals surface area contributed by atoms with Crippen molar-refractivity contribution in [2.24, 2.45) is 5.92 Å². The summed E-state index contributed by atoms with van der Waals surface area (Å²) in [6, 6.07) is 0.850. The fraction of sp³-hybridized carbons (Fsp3) is 0.917. The molecule has 0 unspecified atom stereocenters. The molecular weight excluding hydrogens is 224 g/mol. The maximum absolute atomic E-state index is 11.4. The van der Waals surface area contributed by atoms with Crippen LogP contribution in [0.15, 0.2) is 0 Å². The van der Waals surface area contributed by atoms with Crippen LogP contribution < -0.4 is 0 Å². The highest BCUT2D eigenvalue weighted by molar-refractivity contribution is 6.27. The molecule has 2 rings (SSSR count). The monoisotopic (exact) mass is 244 g/mol. The molecule has 16 heavy (non-hydrogen) atoms. The van der Waals surface area contributed by atoms with E-state index in [0.29, 0.717) is 0 Å². The Balaban J connectivity index is 1.70. The number of hydrogen-bond acceptors (Lipinski definition) is 2. The van der Waals surface area contributed by atoms with Crippen molar-refractivity contribution in [3.63, 3.8) is 0 Å². The summed E-state index contributed by atoms with van der Waals surface area (Å²) < 4.78 is 0. The molecule has 1 aliphatic carbocycles. The summed E-state index contributed by atoms with van der Waals surface area (Å²) in [4.78, 5) is 15.8. The minimum atomic E-state index is 0.0932. The number of hydrogen-bond donors (Lipinski definition) is 0. The van der Waals surface area contributed by atoms with Crippen LogP contribution in [-0.4, -0.2) is 54.3 Å². The Bertz CT molecular complexity index is 247. The lowest BCUT2D eigenvalue weighted by Gasteiger charge is -2.33. The maximum atomic E-state index is 11.4. The molecule has 0 spiro atoms. The van der Waals surface area contributed by atoms with Crippen LogP contribution in [0.25, 0.3) is 0 Å². The second-order valence-electron chi connectivity index (χ2n) is 5.13. The molecule has 92 valence electrons. The van der Waals surface area contributed by atoms with Crippen LogP contribution in [0.2, 0.25) is 0 Å². The summed E-state index contributed by atoms with van der Waals surface area (Å²) in [6.07, 6.45) is 5.03. The third-order valence-corrected chi connectivity index (χ3v) is 4.03. The zero-order valence-corrected chi connectivity index (χ0v) is 10.7. The molecule has 0 radical (unpaired) electrons. The van der Waals surface area contributed by atoms with Gasteiger partial charge in [0.2, 0.25) is 5.91 Å². The Labute approximate surface area is 103 Å². The first-order valence-corrected chi connectivity index (χ1v) is 6.78. The smallest absolute Gasteiger partial charge is 0.237 e. The number of carbonyl (C=O) groups is 1. The van der Waals surface area contributed by atoms with Crippen molar-refractivity contribution >= 4 is 17.5 Å². The second-order valence-corrected chi connectivity index (χ2v) is 5.40. The number of likely N-dealkylation sites (tertiary alicyclic amines) is 1. The number of halogens is 1. The van der Waals surface area contributed by atoms with Gasteiger partial charge in [-0.2, -0.15) is 0 Å². The van der Waals surface area contributed by atoms with Gasteiger partial charge in [0.1, 0.15) is 5.88 Å². The standard InChI is InChI=1S/C12H21ClN2O/c1-14(11-2-3-11)9-10-4-6-15(7-5-10)12(16)8-13/h10-11H,2-9H2,1H3. The molecule has 0 aromatic rings. The first-order valence-electron chi connectivity index (χ1n) is 6.24. The van der Waals surface area contributed by atoms with Gasteiger partial charge < -0.3 is 9.80 Å². The van der Waals surface area contributed by atoms with Gasteiger partial charge in [-0.25, -0.2) is 0 Å². The van der Waals surface area contributed by atoms with Crippen LogP contribution in [0.1, 0.15) is 25.7 Å². The zero-order chi connectivity index (χ0) is 11.5. The van der Waals surface area contributed by atoms with Crippen LogP contribution in [-0.2, 0) is 4.79 Å². The zero-order valence-electron chi connectivity index (χ0n) is 9.99. The van der Waals surface area contributed by atoms with Gasteiger partial charge >= 0.3 is 0 Å². The lowest BCUT2D eigenvalue weighted by Crippen LogP contribution is -2.41. The normalized spacial score (nSPS) is 22.8. The first kappa shape index (κ1) is 12.2. The molecule has 1 saturated carbocycles. The SMILES string of the molecule is CN(CC1CCN(C(=O)CCl)CC1)C1CC1. The predicted molar refractivity (Wildman–Crippen MR) is 65.7 cm³/mol. The van der Waals surface area contributed by atoms with Gasteiger partial charge in [0, 0.05) is 25.7 Å².